The van der Waals surface area contributed by atoms with Crippen LogP contribution in [0.15, 0.2) is 27.2 Å². The van der Waals surface area contributed by atoms with Gasteiger partial charge in [-0.3, -0.25) is 0 Å². The molecule has 0 aliphatic rings. The molecule has 6 heteroatoms. The van der Waals surface area contributed by atoms with Crippen molar-refractivity contribution in [2.24, 2.45) is 5.73 Å². The third kappa shape index (κ3) is 1.83. The smallest absolute Gasteiger partial charge is 0.192 e. The lowest BCUT2D eigenvalue weighted by Crippen LogP contribution is -1.97. The molecule has 0 fully saturated rings. The molecular weight excluding hydrogens is 296 g/mol. The Morgan fingerprint density at radius 1 is 1.39 bits per heavy atom. The van der Waals surface area contributed by atoms with E-state index < -0.39 is 0 Å². The molecule has 3 N–H and O–H groups in total. The van der Waals surface area contributed by atoms with Crippen LogP contribution >= 0.6 is 15.9 Å². The molecule has 2 aromatic heterocycles. The number of imidazole rings is 1. The third-order valence-corrected chi connectivity index (χ3v) is 3.24. The molecule has 0 amide bonds. The lowest BCUT2D eigenvalue weighted by atomic mass is 10.1. The molecule has 2 heterocycles. The normalized spacial score (nSPS) is 11.3. The van der Waals surface area contributed by atoms with Gasteiger partial charge in [-0.05, 0) is 28.1 Å². The summed E-state index contributed by atoms with van der Waals surface area (Å²) in [4.78, 5) is 11.8. The number of hydrogen-bond acceptors (Lipinski definition) is 4. The van der Waals surface area contributed by atoms with Crippen LogP contribution in [-0.2, 0) is 6.54 Å². The average molecular weight is 307 g/mol. The van der Waals surface area contributed by atoms with Gasteiger partial charge in [-0.1, -0.05) is 6.07 Å². The number of nitrogens with two attached hydrogens (primary N) is 1. The van der Waals surface area contributed by atoms with Crippen LogP contribution < -0.4 is 5.73 Å². The SMILES string of the molecule is Cc1nc2ccc(-c3nc(CN)[nH]c3Br)cc2o1. The van der Waals surface area contributed by atoms with E-state index in [2.05, 4.69) is 30.9 Å². The minimum Gasteiger partial charge on any atom is -0.441 e. The first-order chi connectivity index (χ1) is 8.67. The molecule has 0 atom stereocenters. The summed E-state index contributed by atoms with van der Waals surface area (Å²) >= 11 is 3.44. The molecular formula is C12H11BrN4O. The van der Waals surface area contributed by atoms with Crippen molar-refractivity contribution in [1.82, 2.24) is 15.0 Å². The van der Waals surface area contributed by atoms with Crippen molar-refractivity contribution in [3.05, 3.63) is 34.5 Å². The number of aromatic nitrogens is 3. The first-order valence-electron chi connectivity index (χ1n) is 5.49. The Kier molecular flexibility index (Phi) is 2.68. The molecule has 0 spiro atoms. The van der Waals surface area contributed by atoms with Crippen LogP contribution in [0.25, 0.3) is 22.4 Å². The van der Waals surface area contributed by atoms with Crippen LogP contribution in [0.2, 0.25) is 0 Å². The standard InChI is InChI=1S/C12H11BrN4O/c1-6-15-8-3-2-7(4-9(8)18-6)11-12(13)17-10(5-14)16-11/h2-4H,5,14H2,1H3,(H,16,17). The van der Waals surface area contributed by atoms with Gasteiger partial charge >= 0.3 is 0 Å². The predicted octanol–water partition coefficient (Wildman–Crippen LogP) is 2.75. The number of oxazole rings is 1. The molecule has 3 aromatic rings. The molecule has 0 unspecified atom stereocenters. The number of halogens is 1. The van der Waals surface area contributed by atoms with Gasteiger partial charge in [0.05, 0.1) is 6.54 Å². The highest BCUT2D eigenvalue weighted by Crippen LogP contribution is 2.28. The van der Waals surface area contributed by atoms with Crippen molar-refractivity contribution < 1.29 is 4.42 Å². The van der Waals surface area contributed by atoms with Gasteiger partial charge in [-0.2, -0.15) is 0 Å². The lowest BCUT2D eigenvalue weighted by molar-refractivity contribution is 0.561. The maximum absolute atomic E-state index is 5.56. The largest absolute Gasteiger partial charge is 0.441 e. The van der Waals surface area contributed by atoms with Gasteiger partial charge in [0.15, 0.2) is 11.5 Å². The summed E-state index contributed by atoms with van der Waals surface area (Å²) in [5.41, 5.74) is 8.95. The summed E-state index contributed by atoms with van der Waals surface area (Å²) in [6, 6.07) is 5.81. The van der Waals surface area contributed by atoms with Crippen LogP contribution in [-0.4, -0.2) is 15.0 Å². The number of aryl methyl sites for hydroxylation is 1. The minimum atomic E-state index is 0.377. The van der Waals surface area contributed by atoms with E-state index in [1.807, 2.05) is 25.1 Å². The zero-order valence-corrected chi connectivity index (χ0v) is 11.3. The zero-order chi connectivity index (χ0) is 12.7. The predicted molar refractivity (Wildman–Crippen MR) is 71.9 cm³/mol. The quantitative estimate of drug-likeness (QED) is 0.763. The Morgan fingerprint density at radius 3 is 2.94 bits per heavy atom. The van der Waals surface area contributed by atoms with Crippen LogP contribution in [0.4, 0.5) is 0 Å². The highest BCUT2D eigenvalue weighted by molar-refractivity contribution is 9.10. The Bertz CT molecular complexity index is 716. The van der Waals surface area contributed by atoms with E-state index in [0.717, 1.165) is 32.8 Å². The fraction of sp³-hybridized carbons (Fsp3) is 0.167. The Balaban J connectivity index is 2.15. The Morgan fingerprint density at radius 2 is 2.22 bits per heavy atom. The van der Waals surface area contributed by atoms with Crippen molar-refractivity contribution >= 4 is 27.0 Å². The van der Waals surface area contributed by atoms with E-state index >= 15 is 0 Å². The van der Waals surface area contributed by atoms with Crippen LogP contribution in [0.5, 0.6) is 0 Å². The second kappa shape index (κ2) is 4.22. The van der Waals surface area contributed by atoms with Crippen molar-refractivity contribution in [1.29, 1.82) is 0 Å². The molecule has 0 bridgehead atoms. The summed E-state index contributed by atoms with van der Waals surface area (Å²) < 4.78 is 6.33. The van der Waals surface area contributed by atoms with Gasteiger partial charge in [0, 0.05) is 12.5 Å². The van der Waals surface area contributed by atoms with E-state index in [4.69, 9.17) is 10.2 Å². The maximum Gasteiger partial charge on any atom is 0.192 e. The molecule has 3 rings (SSSR count). The molecule has 18 heavy (non-hydrogen) atoms. The molecule has 0 aliphatic heterocycles. The summed E-state index contributed by atoms with van der Waals surface area (Å²) in [6.07, 6.45) is 0. The van der Waals surface area contributed by atoms with E-state index in [1.165, 1.54) is 0 Å². The van der Waals surface area contributed by atoms with E-state index in [1.54, 1.807) is 0 Å². The van der Waals surface area contributed by atoms with E-state index in [-0.39, 0.29) is 0 Å². The average Bonchev–Trinajstić information content (AvgIpc) is 2.89. The summed E-state index contributed by atoms with van der Waals surface area (Å²) in [5, 5.41) is 0. The topological polar surface area (TPSA) is 80.7 Å². The van der Waals surface area contributed by atoms with Crippen molar-refractivity contribution in [3.8, 4) is 11.3 Å². The first-order valence-corrected chi connectivity index (χ1v) is 6.28. The second-order valence-electron chi connectivity index (χ2n) is 3.97. The van der Waals surface area contributed by atoms with Crippen molar-refractivity contribution in [3.63, 3.8) is 0 Å². The van der Waals surface area contributed by atoms with Gasteiger partial charge in [-0.25, -0.2) is 9.97 Å². The summed E-state index contributed by atoms with van der Waals surface area (Å²) in [7, 11) is 0. The highest BCUT2D eigenvalue weighted by atomic mass is 79.9. The van der Waals surface area contributed by atoms with Gasteiger partial charge < -0.3 is 15.1 Å². The number of rotatable bonds is 2. The minimum absolute atomic E-state index is 0.377. The monoisotopic (exact) mass is 306 g/mol. The molecule has 1 aromatic carbocycles. The highest BCUT2D eigenvalue weighted by Gasteiger charge is 2.11. The van der Waals surface area contributed by atoms with Gasteiger partial charge in [-0.15, -0.1) is 0 Å². The first kappa shape index (κ1) is 11.4. The molecule has 0 saturated heterocycles. The maximum atomic E-state index is 5.56. The fourth-order valence-electron chi connectivity index (χ4n) is 1.87. The fourth-order valence-corrected chi connectivity index (χ4v) is 2.42. The lowest BCUT2D eigenvalue weighted by Gasteiger charge is -1.96. The number of benzene rings is 1. The van der Waals surface area contributed by atoms with Gasteiger partial charge in [0.25, 0.3) is 0 Å². The number of nitrogens with zero attached hydrogens (tertiary/aromatic N) is 2. The third-order valence-electron chi connectivity index (χ3n) is 2.67. The van der Waals surface area contributed by atoms with Crippen molar-refractivity contribution in [2.45, 2.75) is 13.5 Å². The second-order valence-corrected chi connectivity index (χ2v) is 4.76. The number of H-pyrrole nitrogens is 1. The number of aromatic amines is 1. The zero-order valence-electron chi connectivity index (χ0n) is 9.70. The molecule has 0 aliphatic carbocycles. The Labute approximate surface area is 112 Å². The number of hydrogen-bond donors (Lipinski definition) is 2. The van der Waals surface area contributed by atoms with Crippen LogP contribution in [0.1, 0.15) is 11.7 Å². The molecule has 92 valence electrons. The van der Waals surface area contributed by atoms with Gasteiger partial charge in [0.2, 0.25) is 0 Å². The summed E-state index contributed by atoms with van der Waals surface area (Å²) in [6.45, 7) is 2.21. The molecule has 5 nitrogen and oxygen atoms in total. The number of fused-ring (bicyclic) bond motifs is 1. The van der Waals surface area contributed by atoms with E-state index in [9.17, 15) is 0 Å². The van der Waals surface area contributed by atoms with Gasteiger partial charge in [0.1, 0.15) is 21.6 Å². The van der Waals surface area contributed by atoms with Crippen LogP contribution in [0.3, 0.4) is 0 Å². The number of nitrogens with one attached hydrogen (secondary N) is 1. The summed E-state index contributed by atoms with van der Waals surface area (Å²) in [5.74, 6) is 1.40. The molecule has 0 saturated carbocycles. The van der Waals surface area contributed by atoms with E-state index in [0.29, 0.717) is 12.4 Å². The Hall–Kier alpha value is -1.66. The molecule has 0 radical (unpaired) electrons. The van der Waals surface area contributed by atoms with Crippen molar-refractivity contribution in [2.75, 3.05) is 0 Å². The van der Waals surface area contributed by atoms with Crippen LogP contribution in [0, 0.1) is 6.92 Å².